The van der Waals surface area contributed by atoms with Gasteiger partial charge in [0.25, 0.3) is 0 Å². The number of rotatable bonds is 5. The third-order valence-corrected chi connectivity index (χ3v) is 1.04. The van der Waals surface area contributed by atoms with Gasteiger partial charge in [0.15, 0.2) is 0 Å². The van der Waals surface area contributed by atoms with E-state index >= 15 is 0 Å². The fourth-order valence-corrected chi connectivity index (χ4v) is 0.460. The summed E-state index contributed by atoms with van der Waals surface area (Å²) in [5.41, 5.74) is 0. The fourth-order valence-electron chi connectivity index (χ4n) is 0.460. The van der Waals surface area contributed by atoms with Crippen LogP contribution >= 0.6 is 0 Å². The second-order valence-corrected chi connectivity index (χ2v) is 1.99. The van der Waals surface area contributed by atoms with E-state index in [0.29, 0.717) is 19.0 Å². The van der Waals surface area contributed by atoms with Crippen molar-refractivity contribution in [3.05, 3.63) is 12.4 Å². The van der Waals surface area contributed by atoms with Crippen LogP contribution in [0, 0.1) is 0 Å². The van der Waals surface area contributed by atoms with Crippen LogP contribution in [0.15, 0.2) is 12.4 Å². The minimum atomic E-state index is -0.0568. The van der Waals surface area contributed by atoms with Crippen LogP contribution in [-0.4, -0.2) is 19.7 Å². The van der Waals surface area contributed by atoms with E-state index in [1.807, 2.05) is 0 Å². The largest absolute Gasteiger partial charge is 0.365 e. The molecule has 64 valence electrons. The molecule has 4 heteroatoms. The van der Waals surface area contributed by atoms with Crippen molar-refractivity contribution in [2.24, 2.45) is 0 Å². The van der Waals surface area contributed by atoms with E-state index < -0.39 is 0 Å². The number of methoxy groups -OCH3 is 1. The number of amides is 1. The van der Waals surface area contributed by atoms with Crippen molar-refractivity contribution in [3.8, 4) is 0 Å². The zero-order valence-electron chi connectivity index (χ0n) is 6.94. The predicted molar refractivity (Wildman–Crippen MR) is 42.6 cm³/mol. The molecule has 0 rings (SSSR count). The van der Waals surface area contributed by atoms with Gasteiger partial charge in [-0.2, -0.15) is 0 Å². The van der Waals surface area contributed by atoms with Gasteiger partial charge < -0.3 is 15.4 Å². The Hall–Kier alpha value is -1.03. The van der Waals surface area contributed by atoms with Crippen LogP contribution < -0.4 is 10.6 Å². The average Bonchev–Trinajstić information content (AvgIpc) is 2.00. The van der Waals surface area contributed by atoms with Gasteiger partial charge in [-0.1, -0.05) is 13.5 Å². The fraction of sp³-hybridized carbons (Fsp3) is 0.571. The monoisotopic (exact) mass is 158 g/mol. The average molecular weight is 158 g/mol. The summed E-state index contributed by atoms with van der Waals surface area (Å²) < 4.78 is 4.70. The van der Waals surface area contributed by atoms with Crippen molar-refractivity contribution in [1.82, 2.24) is 10.6 Å². The lowest BCUT2D eigenvalue weighted by Crippen LogP contribution is -2.31. The molecule has 1 amide bonds. The molecule has 4 nitrogen and oxygen atoms in total. The Labute approximate surface area is 66.6 Å². The normalized spacial score (nSPS) is 8.91. The molecule has 0 aliphatic heterocycles. The third-order valence-electron chi connectivity index (χ3n) is 1.04. The maximum Gasteiger partial charge on any atom is 0.225 e. The molecule has 0 aliphatic carbocycles. The molecule has 0 saturated carbocycles. The molecule has 0 heterocycles. The summed E-state index contributed by atoms with van der Waals surface area (Å²) in [4.78, 5) is 10.7. The smallest absolute Gasteiger partial charge is 0.225 e. The number of ether oxygens (including phenoxy) is 1. The van der Waals surface area contributed by atoms with Gasteiger partial charge in [0, 0.05) is 13.5 Å². The van der Waals surface area contributed by atoms with E-state index in [-0.39, 0.29) is 5.91 Å². The van der Waals surface area contributed by atoms with Gasteiger partial charge in [-0.25, -0.2) is 0 Å². The summed E-state index contributed by atoms with van der Waals surface area (Å²) in [5, 5.41) is 5.29. The summed E-state index contributed by atoms with van der Waals surface area (Å²) in [6.07, 6.45) is 0.452. The highest BCUT2D eigenvalue weighted by Crippen LogP contribution is 1.80. The van der Waals surface area contributed by atoms with Gasteiger partial charge in [0.1, 0.15) is 6.73 Å². The quantitative estimate of drug-likeness (QED) is 0.561. The topological polar surface area (TPSA) is 50.4 Å². The van der Waals surface area contributed by atoms with E-state index in [2.05, 4.69) is 17.2 Å². The van der Waals surface area contributed by atoms with Crippen LogP contribution in [0.4, 0.5) is 0 Å². The van der Waals surface area contributed by atoms with Crippen molar-refractivity contribution >= 4 is 5.91 Å². The second-order valence-electron chi connectivity index (χ2n) is 1.99. The molecular weight excluding hydrogens is 144 g/mol. The first-order chi connectivity index (χ1) is 5.20. The lowest BCUT2D eigenvalue weighted by molar-refractivity contribution is -0.120. The number of hydrogen-bond donors (Lipinski definition) is 2. The molecule has 0 bridgehead atoms. The molecule has 0 atom stereocenters. The molecule has 0 aromatic heterocycles. The first-order valence-electron chi connectivity index (χ1n) is 3.42. The Morgan fingerprint density at radius 2 is 2.27 bits per heavy atom. The highest BCUT2D eigenvalue weighted by molar-refractivity contribution is 5.77. The molecule has 0 unspecified atom stereocenters. The van der Waals surface area contributed by atoms with Crippen LogP contribution in [0.5, 0.6) is 0 Å². The van der Waals surface area contributed by atoms with Crippen LogP contribution in [0.25, 0.3) is 0 Å². The predicted octanol–water partition coefficient (Wildman–Crippen LogP) is 0.177. The molecule has 0 aliphatic rings. The SMILES string of the molecule is C=C(NCOC)NC(=O)CC. The first-order valence-corrected chi connectivity index (χ1v) is 3.42. The summed E-state index contributed by atoms with van der Waals surface area (Å²) in [6, 6.07) is 0. The summed E-state index contributed by atoms with van der Waals surface area (Å²) in [5.74, 6) is 0.414. The Morgan fingerprint density at radius 1 is 1.64 bits per heavy atom. The van der Waals surface area contributed by atoms with E-state index in [0.717, 1.165) is 0 Å². The number of carbonyl (C=O) groups excluding carboxylic acids is 1. The third kappa shape index (κ3) is 5.42. The van der Waals surface area contributed by atoms with Crippen molar-refractivity contribution in [2.75, 3.05) is 13.8 Å². The minimum absolute atomic E-state index is 0.0568. The number of hydrogen-bond acceptors (Lipinski definition) is 3. The van der Waals surface area contributed by atoms with Crippen molar-refractivity contribution < 1.29 is 9.53 Å². The van der Waals surface area contributed by atoms with Gasteiger partial charge >= 0.3 is 0 Å². The van der Waals surface area contributed by atoms with Gasteiger partial charge in [-0.05, 0) is 0 Å². The van der Waals surface area contributed by atoms with E-state index in [9.17, 15) is 4.79 Å². The zero-order chi connectivity index (χ0) is 8.69. The van der Waals surface area contributed by atoms with E-state index in [1.54, 1.807) is 14.0 Å². The Kier molecular flexibility index (Phi) is 5.20. The summed E-state index contributed by atoms with van der Waals surface area (Å²) in [7, 11) is 1.56. The van der Waals surface area contributed by atoms with Crippen molar-refractivity contribution in [3.63, 3.8) is 0 Å². The number of nitrogens with one attached hydrogen (secondary N) is 2. The van der Waals surface area contributed by atoms with Gasteiger partial charge in [0.2, 0.25) is 5.91 Å². The second kappa shape index (κ2) is 5.73. The molecular formula is C7H14N2O2. The summed E-state index contributed by atoms with van der Waals surface area (Å²) in [6.45, 7) is 5.68. The van der Waals surface area contributed by atoms with E-state index in [4.69, 9.17) is 4.74 Å². The molecule has 0 saturated heterocycles. The lowest BCUT2D eigenvalue weighted by atomic mass is 10.4. The standard InChI is InChI=1S/C7H14N2O2/c1-4-7(10)9-6(2)8-5-11-3/h8H,2,4-5H2,1,3H3,(H,9,10). The molecule has 0 aromatic carbocycles. The Bertz CT molecular complexity index is 145. The molecule has 2 N–H and O–H groups in total. The highest BCUT2D eigenvalue weighted by atomic mass is 16.5. The molecule has 11 heavy (non-hydrogen) atoms. The maximum absolute atomic E-state index is 10.7. The summed E-state index contributed by atoms with van der Waals surface area (Å²) >= 11 is 0. The van der Waals surface area contributed by atoms with Crippen LogP contribution in [0.3, 0.4) is 0 Å². The van der Waals surface area contributed by atoms with Gasteiger partial charge in [-0.3, -0.25) is 4.79 Å². The van der Waals surface area contributed by atoms with Crippen molar-refractivity contribution in [1.29, 1.82) is 0 Å². The zero-order valence-corrected chi connectivity index (χ0v) is 6.94. The lowest BCUT2D eigenvalue weighted by Gasteiger charge is -2.08. The van der Waals surface area contributed by atoms with Crippen LogP contribution in [0.1, 0.15) is 13.3 Å². The molecule has 0 aromatic rings. The van der Waals surface area contributed by atoms with Crippen LogP contribution in [0.2, 0.25) is 0 Å². The van der Waals surface area contributed by atoms with Gasteiger partial charge in [0.05, 0.1) is 5.82 Å². The molecule has 0 spiro atoms. The van der Waals surface area contributed by atoms with Crippen molar-refractivity contribution in [2.45, 2.75) is 13.3 Å². The minimum Gasteiger partial charge on any atom is -0.365 e. The Balaban J connectivity index is 3.44. The van der Waals surface area contributed by atoms with E-state index in [1.165, 1.54) is 0 Å². The molecule has 0 fully saturated rings. The van der Waals surface area contributed by atoms with Gasteiger partial charge in [-0.15, -0.1) is 0 Å². The number of carbonyl (C=O) groups is 1. The molecule has 0 radical (unpaired) electrons. The maximum atomic E-state index is 10.7. The first kappa shape index (κ1) is 9.97. The Morgan fingerprint density at radius 3 is 2.73 bits per heavy atom. The highest BCUT2D eigenvalue weighted by Gasteiger charge is 1.96. The van der Waals surface area contributed by atoms with Crippen LogP contribution in [-0.2, 0) is 9.53 Å².